The van der Waals surface area contributed by atoms with Crippen molar-refractivity contribution in [3.05, 3.63) is 54.6 Å². The molecule has 9 heteroatoms. The summed E-state index contributed by atoms with van der Waals surface area (Å²) >= 11 is 0. The highest BCUT2D eigenvalue weighted by molar-refractivity contribution is 5.75. The van der Waals surface area contributed by atoms with E-state index in [1.807, 2.05) is 17.9 Å². The summed E-state index contributed by atoms with van der Waals surface area (Å²) < 4.78 is 9.00. The highest BCUT2D eigenvalue weighted by Gasteiger charge is 2.26. The van der Waals surface area contributed by atoms with Crippen LogP contribution in [-0.4, -0.2) is 55.8 Å². The van der Waals surface area contributed by atoms with Gasteiger partial charge in [-0.2, -0.15) is 15.2 Å². The van der Waals surface area contributed by atoms with Crippen LogP contribution in [-0.2, 0) is 18.3 Å². The molecule has 0 atom stereocenters. The maximum atomic E-state index is 5.38. The lowest BCUT2D eigenvalue weighted by Crippen LogP contribution is -2.51. The zero-order chi connectivity index (χ0) is 19.8. The number of nitrogens with one attached hydrogen (secondary N) is 1. The zero-order valence-electron chi connectivity index (χ0n) is 16.4. The average Bonchev–Trinajstić information content (AvgIpc) is 3.27. The van der Waals surface area contributed by atoms with Gasteiger partial charge in [0, 0.05) is 45.3 Å². The lowest BCUT2D eigenvalue weighted by Gasteiger charge is -2.40. The first kappa shape index (κ1) is 17.6. The number of hydrogen-bond acceptors (Lipinski definition) is 7. The van der Waals surface area contributed by atoms with Crippen molar-refractivity contribution in [3.63, 3.8) is 0 Å². The lowest BCUT2D eigenvalue weighted by atomic mass is 10.1. The molecule has 29 heavy (non-hydrogen) atoms. The number of ether oxygens (including phenoxy) is 1. The van der Waals surface area contributed by atoms with E-state index in [0.717, 1.165) is 29.8 Å². The van der Waals surface area contributed by atoms with Gasteiger partial charge in [-0.1, -0.05) is 12.1 Å². The van der Waals surface area contributed by atoms with Crippen LogP contribution in [0.1, 0.15) is 5.56 Å². The first-order valence-corrected chi connectivity index (χ1v) is 9.49. The molecule has 4 heterocycles. The van der Waals surface area contributed by atoms with Crippen LogP contribution in [0.5, 0.6) is 0 Å². The molecule has 1 aliphatic heterocycles. The normalized spacial score (nSPS) is 14.3. The largest absolute Gasteiger partial charge is 0.378 e. The Morgan fingerprint density at radius 1 is 1.17 bits per heavy atom. The molecule has 4 aromatic rings. The number of hydrogen-bond donors (Lipinski definition) is 1. The summed E-state index contributed by atoms with van der Waals surface area (Å²) in [5.74, 6) is 0.521. The molecule has 9 nitrogen and oxygen atoms in total. The van der Waals surface area contributed by atoms with Crippen LogP contribution in [0.3, 0.4) is 0 Å². The van der Waals surface area contributed by atoms with E-state index in [-0.39, 0.29) is 0 Å². The quantitative estimate of drug-likeness (QED) is 0.540. The van der Waals surface area contributed by atoms with E-state index in [0.29, 0.717) is 18.6 Å². The van der Waals surface area contributed by atoms with Crippen LogP contribution in [0.2, 0.25) is 0 Å². The number of rotatable bonds is 6. The zero-order valence-corrected chi connectivity index (χ0v) is 16.4. The molecule has 0 amide bonds. The average molecular weight is 390 g/mol. The highest BCUT2D eigenvalue weighted by atomic mass is 16.5. The van der Waals surface area contributed by atoms with Gasteiger partial charge in [0.25, 0.3) is 0 Å². The second-order valence-electron chi connectivity index (χ2n) is 7.24. The van der Waals surface area contributed by atoms with E-state index in [2.05, 4.69) is 54.6 Å². The Morgan fingerprint density at radius 3 is 2.86 bits per heavy atom. The van der Waals surface area contributed by atoms with Crippen LogP contribution < -0.4 is 10.2 Å². The molecule has 1 fully saturated rings. The fraction of sp³-hybridized carbons (Fsp3) is 0.300. The fourth-order valence-electron chi connectivity index (χ4n) is 3.48. The summed E-state index contributed by atoms with van der Waals surface area (Å²) in [5.41, 5.74) is 4.02. The van der Waals surface area contributed by atoms with Gasteiger partial charge in [0.1, 0.15) is 0 Å². The first-order chi connectivity index (χ1) is 14.2. The van der Waals surface area contributed by atoms with Gasteiger partial charge in [-0.15, -0.1) is 0 Å². The number of aryl methyl sites for hydroxylation is 1. The maximum Gasteiger partial charge on any atom is 0.229 e. The van der Waals surface area contributed by atoms with E-state index in [9.17, 15) is 0 Å². The van der Waals surface area contributed by atoms with Crippen LogP contribution in [0.4, 0.5) is 17.3 Å². The Kier molecular flexibility index (Phi) is 4.36. The molecule has 1 N–H and O–H groups in total. The SMILES string of the molecule is COC1CN(c2cccc(Cn3ncc4cnc(Nc5cnn(C)c5)nc43)c2)C1. The van der Waals surface area contributed by atoms with Gasteiger partial charge >= 0.3 is 0 Å². The predicted molar refractivity (Wildman–Crippen MR) is 110 cm³/mol. The molecule has 0 bridgehead atoms. The van der Waals surface area contributed by atoms with Crippen molar-refractivity contribution in [1.29, 1.82) is 0 Å². The summed E-state index contributed by atoms with van der Waals surface area (Å²) in [7, 11) is 3.63. The Bertz CT molecular complexity index is 1140. The van der Waals surface area contributed by atoms with Crippen molar-refractivity contribution >= 4 is 28.4 Å². The van der Waals surface area contributed by atoms with E-state index in [1.54, 1.807) is 30.4 Å². The van der Waals surface area contributed by atoms with E-state index in [4.69, 9.17) is 4.74 Å². The number of nitrogens with zero attached hydrogens (tertiary/aromatic N) is 7. The van der Waals surface area contributed by atoms with Gasteiger partial charge in [0.2, 0.25) is 5.95 Å². The fourth-order valence-corrected chi connectivity index (χ4v) is 3.48. The third-order valence-electron chi connectivity index (χ3n) is 5.13. The highest BCUT2D eigenvalue weighted by Crippen LogP contribution is 2.24. The van der Waals surface area contributed by atoms with Gasteiger partial charge in [0.05, 0.1) is 36.1 Å². The topological polar surface area (TPSA) is 85.9 Å². The molecule has 0 radical (unpaired) electrons. The van der Waals surface area contributed by atoms with E-state index >= 15 is 0 Å². The molecule has 0 unspecified atom stereocenters. The Morgan fingerprint density at radius 2 is 2.07 bits per heavy atom. The molecule has 0 aliphatic carbocycles. The van der Waals surface area contributed by atoms with Crippen LogP contribution >= 0.6 is 0 Å². The van der Waals surface area contributed by atoms with Crippen molar-refractivity contribution in [2.24, 2.45) is 7.05 Å². The molecule has 1 aromatic carbocycles. The third-order valence-corrected chi connectivity index (χ3v) is 5.13. The van der Waals surface area contributed by atoms with Crippen molar-refractivity contribution < 1.29 is 4.74 Å². The minimum Gasteiger partial charge on any atom is -0.378 e. The van der Waals surface area contributed by atoms with Crippen molar-refractivity contribution in [3.8, 4) is 0 Å². The molecular formula is C20H22N8O. The van der Waals surface area contributed by atoms with Gasteiger partial charge in [-0.3, -0.25) is 4.68 Å². The maximum absolute atomic E-state index is 5.38. The lowest BCUT2D eigenvalue weighted by molar-refractivity contribution is 0.0787. The molecule has 1 saturated heterocycles. The summed E-state index contributed by atoms with van der Waals surface area (Å²) in [6.07, 6.45) is 7.52. The Hall–Kier alpha value is -3.46. The van der Waals surface area contributed by atoms with Crippen molar-refractivity contribution in [1.82, 2.24) is 29.5 Å². The van der Waals surface area contributed by atoms with Crippen LogP contribution in [0, 0.1) is 0 Å². The van der Waals surface area contributed by atoms with Crippen molar-refractivity contribution in [2.45, 2.75) is 12.6 Å². The predicted octanol–water partition coefficient (Wildman–Crippen LogP) is 2.19. The van der Waals surface area contributed by atoms with Crippen molar-refractivity contribution in [2.75, 3.05) is 30.4 Å². The van der Waals surface area contributed by atoms with Gasteiger partial charge in [0.15, 0.2) is 5.65 Å². The molecule has 1 aliphatic rings. The van der Waals surface area contributed by atoms with Crippen LogP contribution in [0.15, 0.2) is 49.1 Å². The number of methoxy groups -OCH3 is 1. The smallest absolute Gasteiger partial charge is 0.229 e. The minimum absolute atomic E-state index is 0.330. The van der Waals surface area contributed by atoms with E-state index in [1.165, 1.54) is 11.3 Å². The third kappa shape index (κ3) is 3.52. The van der Waals surface area contributed by atoms with Gasteiger partial charge < -0.3 is 15.0 Å². The number of fused-ring (bicyclic) bond motifs is 1. The van der Waals surface area contributed by atoms with E-state index < -0.39 is 0 Å². The van der Waals surface area contributed by atoms with Gasteiger partial charge in [-0.05, 0) is 17.7 Å². The number of aromatic nitrogens is 6. The summed E-state index contributed by atoms with van der Waals surface area (Å²) in [6, 6.07) is 8.53. The number of benzene rings is 1. The van der Waals surface area contributed by atoms with Gasteiger partial charge in [-0.25, -0.2) is 9.67 Å². The first-order valence-electron chi connectivity index (χ1n) is 9.49. The Labute approximate surface area is 167 Å². The molecular weight excluding hydrogens is 368 g/mol. The standard InChI is InChI=1S/C20H22N8O/c1-26-11-16(9-22-26)24-20-21-7-15-8-23-28(19(15)25-20)10-14-4-3-5-17(6-14)27-12-18(13-27)29-2/h3-9,11,18H,10,12-13H2,1-2H3,(H,21,24,25). The number of anilines is 3. The molecule has 0 saturated carbocycles. The Balaban J connectivity index is 1.37. The molecule has 3 aromatic heterocycles. The monoisotopic (exact) mass is 390 g/mol. The second-order valence-corrected chi connectivity index (χ2v) is 7.24. The minimum atomic E-state index is 0.330. The second kappa shape index (κ2) is 7.17. The molecule has 148 valence electrons. The summed E-state index contributed by atoms with van der Waals surface area (Å²) in [4.78, 5) is 11.3. The van der Waals surface area contributed by atoms with Crippen LogP contribution in [0.25, 0.3) is 11.0 Å². The summed E-state index contributed by atoms with van der Waals surface area (Å²) in [6.45, 7) is 2.50. The summed E-state index contributed by atoms with van der Waals surface area (Å²) in [5, 5.41) is 12.8. The molecule has 0 spiro atoms. The molecule has 5 rings (SSSR count).